The van der Waals surface area contributed by atoms with Crippen LogP contribution in [0.1, 0.15) is 5.69 Å². The molecular formula is C13H10N2O5. The van der Waals surface area contributed by atoms with Crippen LogP contribution in [0.2, 0.25) is 0 Å². The van der Waals surface area contributed by atoms with Gasteiger partial charge in [0, 0.05) is 5.56 Å². The van der Waals surface area contributed by atoms with Crippen molar-refractivity contribution in [3.8, 4) is 23.0 Å². The number of esters is 1. The first kappa shape index (κ1) is 12.2. The van der Waals surface area contributed by atoms with Gasteiger partial charge in [-0.05, 0) is 19.1 Å². The molecule has 0 aliphatic carbocycles. The van der Waals surface area contributed by atoms with Gasteiger partial charge in [0.05, 0.1) is 7.11 Å². The Kier molecular flexibility index (Phi) is 2.67. The SMILES string of the molecule is COc1cccc(-c2nc3c(C)n2OC(=O)C(=O)O3)c1. The molecule has 7 nitrogen and oxygen atoms in total. The predicted octanol–water partition coefficient (Wildman–Crippen LogP) is 0.741. The van der Waals surface area contributed by atoms with Gasteiger partial charge in [-0.15, -0.1) is 0 Å². The van der Waals surface area contributed by atoms with E-state index in [4.69, 9.17) is 14.3 Å². The monoisotopic (exact) mass is 274 g/mol. The lowest BCUT2D eigenvalue weighted by Gasteiger charge is -2.08. The molecule has 2 aromatic rings. The molecule has 102 valence electrons. The minimum Gasteiger partial charge on any atom is -0.497 e. The number of imidazole rings is 1. The largest absolute Gasteiger partial charge is 0.497 e. The lowest BCUT2D eigenvalue weighted by Crippen LogP contribution is -2.30. The van der Waals surface area contributed by atoms with Crippen LogP contribution in [0, 0.1) is 6.92 Å². The first-order chi connectivity index (χ1) is 9.60. The average molecular weight is 274 g/mol. The van der Waals surface area contributed by atoms with Crippen LogP contribution in [0.3, 0.4) is 0 Å². The molecule has 1 aliphatic rings. The predicted molar refractivity (Wildman–Crippen MR) is 66.2 cm³/mol. The molecule has 0 saturated carbocycles. The third kappa shape index (κ3) is 1.80. The highest BCUT2D eigenvalue weighted by atomic mass is 16.7. The zero-order valence-electron chi connectivity index (χ0n) is 10.7. The van der Waals surface area contributed by atoms with E-state index in [2.05, 4.69) is 4.98 Å². The number of carbonyl (C=O) groups is 2. The van der Waals surface area contributed by atoms with Crippen LogP contribution < -0.4 is 14.3 Å². The highest BCUT2D eigenvalue weighted by Gasteiger charge is 2.31. The van der Waals surface area contributed by atoms with Crippen molar-refractivity contribution >= 4 is 11.9 Å². The summed E-state index contributed by atoms with van der Waals surface area (Å²) < 4.78 is 11.2. The smallest absolute Gasteiger partial charge is 0.442 e. The van der Waals surface area contributed by atoms with E-state index in [1.54, 1.807) is 38.3 Å². The second-order valence-electron chi connectivity index (χ2n) is 4.12. The topological polar surface area (TPSA) is 79.7 Å². The molecule has 3 rings (SSSR count). The average Bonchev–Trinajstić information content (AvgIpc) is 2.70. The third-order valence-corrected chi connectivity index (χ3v) is 2.87. The van der Waals surface area contributed by atoms with E-state index in [9.17, 15) is 9.59 Å². The van der Waals surface area contributed by atoms with Gasteiger partial charge in [0.25, 0.3) is 0 Å². The molecule has 0 fully saturated rings. The zero-order valence-corrected chi connectivity index (χ0v) is 10.7. The van der Waals surface area contributed by atoms with Crippen LogP contribution in [0.15, 0.2) is 24.3 Å². The number of hydrogen-bond acceptors (Lipinski definition) is 6. The highest BCUT2D eigenvalue weighted by Crippen LogP contribution is 2.29. The van der Waals surface area contributed by atoms with Crippen LogP contribution in [-0.2, 0) is 9.59 Å². The van der Waals surface area contributed by atoms with Gasteiger partial charge in [0.15, 0.2) is 5.82 Å². The Morgan fingerprint density at radius 1 is 1.25 bits per heavy atom. The number of aromatic nitrogens is 2. The van der Waals surface area contributed by atoms with Crippen molar-refractivity contribution < 1.29 is 23.9 Å². The Balaban J connectivity index is 2.14. The number of methoxy groups -OCH3 is 1. The van der Waals surface area contributed by atoms with E-state index in [-0.39, 0.29) is 5.88 Å². The number of hydrogen-bond donors (Lipinski definition) is 0. The molecule has 0 radical (unpaired) electrons. The molecular weight excluding hydrogens is 264 g/mol. The van der Waals surface area contributed by atoms with E-state index >= 15 is 0 Å². The molecule has 7 heteroatoms. The van der Waals surface area contributed by atoms with Gasteiger partial charge < -0.3 is 14.3 Å². The third-order valence-electron chi connectivity index (χ3n) is 2.87. The number of rotatable bonds is 2. The number of ether oxygens (including phenoxy) is 2. The van der Waals surface area contributed by atoms with Gasteiger partial charge >= 0.3 is 11.9 Å². The molecule has 0 unspecified atom stereocenters. The summed E-state index contributed by atoms with van der Waals surface area (Å²) in [7, 11) is 1.55. The van der Waals surface area contributed by atoms with E-state index in [1.807, 2.05) is 0 Å². The standard InChI is InChI=1S/C13H10N2O5/c1-7-11-14-10(8-4-3-5-9(6-8)18-2)15(7)20-13(17)12(16)19-11/h3-6H,1-2H3. The van der Waals surface area contributed by atoms with E-state index < -0.39 is 11.9 Å². The first-order valence-electron chi connectivity index (χ1n) is 5.78. The summed E-state index contributed by atoms with van der Waals surface area (Å²) in [6, 6.07) is 7.07. The summed E-state index contributed by atoms with van der Waals surface area (Å²) in [6.45, 7) is 1.64. The Hall–Kier alpha value is -2.83. The van der Waals surface area contributed by atoms with Crippen molar-refractivity contribution in [2.45, 2.75) is 6.92 Å². The molecule has 1 aliphatic heterocycles. The molecule has 0 amide bonds. The van der Waals surface area contributed by atoms with Crippen molar-refractivity contribution in [1.29, 1.82) is 0 Å². The maximum atomic E-state index is 11.4. The fourth-order valence-electron chi connectivity index (χ4n) is 1.87. The zero-order chi connectivity index (χ0) is 14.3. The summed E-state index contributed by atoms with van der Waals surface area (Å²) in [5, 5.41) is 0. The maximum Gasteiger partial charge on any atom is 0.442 e. The van der Waals surface area contributed by atoms with E-state index in [0.717, 1.165) is 0 Å². The highest BCUT2D eigenvalue weighted by molar-refractivity contribution is 6.30. The fourth-order valence-corrected chi connectivity index (χ4v) is 1.87. The quantitative estimate of drug-likeness (QED) is 0.593. The van der Waals surface area contributed by atoms with Crippen molar-refractivity contribution in [3.63, 3.8) is 0 Å². The number of fused-ring (bicyclic) bond motifs is 2. The van der Waals surface area contributed by atoms with Crippen LogP contribution >= 0.6 is 0 Å². The Morgan fingerprint density at radius 2 is 2.05 bits per heavy atom. The van der Waals surface area contributed by atoms with Gasteiger partial charge in [-0.1, -0.05) is 12.1 Å². The molecule has 1 aromatic heterocycles. The molecule has 0 N–H and O–H groups in total. The molecule has 0 atom stereocenters. The first-order valence-corrected chi connectivity index (χ1v) is 5.78. The number of nitrogens with zero attached hydrogens (tertiary/aromatic N) is 2. The van der Waals surface area contributed by atoms with Crippen molar-refractivity contribution in [1.82, 2.24) is 9.71 Å². The minimum atomic E-state index is -1.09. The molecule has 20 heavy (non-hydrogen) atoms. The lowest BCUT2D eigenvalue weighted by molar-refractivity contribution is -0.161. The summed E-state index contributed by atoms with van der Waals surface area (Å²) in [6.07, 6.45) is 0. The van der Waals surface area contributed by atoms with E-state index in [0.29, 0.717) is 22.8 Å². The maximum absolute atomic E-state index is 11.4. The van der Waals surface area contributed by atoms with Crippen molar-refractivity contribution in [2.24, 2.45) is 0 Å². The van der Waals surface area contributed by atoms with Gasteiger partial charge in [-0.2, -0.15) is 9.71 Å². The van der Waals surface area contributed by atoms with Crippen LogP contribution in [0.5, 0.6) is 11.6 Å². The van der Waals surface area contributed by atoms with Gasteiger partial charge in [0.2, 0.25) is 5.88 Å². The fraction of sp³-hybridized carbons (Fsp3) is 0.154. The van der Waals surface area contributed by atoms with Crippen LogP contribution in [0.4, 0.5) is 0 Å². The summed E-state index contributed by atoms with van der Waals surface area (Å²) >= 11 is 0. The molecule has 0 spiro atoms. The Bertz CT molecular complexity index is 720. The van der Waals surface area contributed by atoms with Gasteiger partial charge in [-0.25, -0.2) is 9.59 Å². The van der Waals surface area contributed by atoms with Gasteiger partial charge in [0.1, 0.15) is 11.4 Å². The molecule has 2 bridgehead atoms. The van der Waals surface area contributed by atoms with Crippen LogP contribution in [-0.4, -0.2) is 28.8 Å². The minimum absolute atomic E-state index is 0.0543. The number of benzene rings is 1. The van der Waals surface area contributed by atoms with E-state index in [1.165, 1.54) is 4.73 Å². The van der Waals surface area contributed by atoms with Crippen molar-refractivity contribution in [2.75, 3.05) is 7.11 Å². The molecule has 1 aromatic carbocycles. The second kappa shape index (κ2) is 4.37. The number of carbonyl (C=O) groups excluding carboxylic acids is 2. The second-order valence-corrected chi connectivity index (χ2v) is 4.12. The van der Waals surface area contributed by atoms with Gasteiger partial charge in [-0.3, -0.25) is 0 Å². The summed E-state index contributed by atoms with van der Waals surface area (Å²) in [5.41, 5.74) is 1.10. The lowest BCUT2D eigenvalue weighted by atomic mass is 10.2. The van der Waals surface area contributed by atoms with Crippen LogP contribution in [0.25, 0.3) is 11.4 Å². The Morgan fingerprint density at radius 3 is 2.80 bits per heavy atom. The summed E-state index contributed by atoms with van der Waals surface area (Å²) in [5.74, 6) is -1.13. The Labute approximate surface area is 113 Å². The molecule has 0 saturated heterocycles. The van der Waals surface area contributed by atoms with Crippen molar-refractivity contribution in [3.05, 3.63) is 30.0 Å². The molecule has 2 heterocycles. The normalized spacial score (nSPS) is 13.5. The summed E-state index contributed by atoms with van der Waals surface area (Å²) in [4.78, 5) is 31.8.